The van der Waals surface area contributed by atoms with Gasteiger partial charge in [-0.25, -0.2) is 0 Å². The fourth-order valence-electron chi connectivity index (χ4n) is 3.25. The Balaban J connectivity index is 1.67. The maximum absolute atomic E-state index is 6.33. The lowest BCUT2D eigenvalue weighted by Crippen LogP contribution is -2.38. The Hall–Kier alpha value is -0.900. The fourth-order valence-corrected chi connectivity index (χ4v) is 3.25. The van der Waals surface area contributed by atoms with Crippen LogP contribution in [0, 0.1) is 0 Å². The summed E-state index contributed by atoms with van der Waals surface area (Å²) < 4.78 is 5.36. The molecule has 1 aromatic rings. The van der Waals surface area contributed by atoms with E-state index in [1.165, 1.54) is 38.5 Å². The zero-order chi connectivity index (χ0) is 11.7. The van der Waals surface area contributed by atoms with Crippen LogP contribution in [0.15, 0.2) is 4.52 Å². The monoisotopic (exact) mass is 235 g/mol. The van der Waals surface area contributed by atoms with Gasteiger partial charge < -0.3 is 10.3 Å². The Morgan fingerprint density at radius 1 is 1.18 bits per heavy atom. The Kier molecular flexibility index (Phi) is 2.90. The molecule has 0 saturated heterocycles. The van der Waals surface area contributed by atoms with Crippen LogP contribution in [0.25, 0.3) is 0 Å². The molecule has 94 valence electrons. The molecule has 0 atom stereocenters. The molecule has 0 spiro atoms. The van der Waals surface area contributed by atoms with Crippen LogP contribution < -0.4 is 5.73 Å². The molecule has 0 amide bonds. The summed E-state index contributed by atoms with van der Waals surface area (Å²) in [6.07, 6.45) is 10.4. The SMILES string of the molecule is NC1(Cc2nc(C3CCCC3)no2)CCCC1. The van der Waals surface area contributed by atoms with E-state index in [0.29, 0.717) is 5.92 Å². The first-order chi connectivity index (χ1) is 8.25. The molecule has 0 unspecified atom stereocenters. The molecule has 2 aliphatic rings. The molecule has 2 N–H and O–H groups in total. The summed E-state index contributed by atoms with van der Waals surface area (Å²) in [6, 6.07) is 0. The van der Waals surface area contributed by atoms with E-state index in [2.05, 4.69) is 10.1 Å². The summed E-state index contributed by atoms with van der Waals surface area (Å²) in [5, 5.41) is 4.13. The minimum absolute atomic E-state index is 0.0838. The third-order valence-electron chi connectivity index (χ3n) is 4.31. The molecule has 1 aromatic heterocycles. The van der Waals surface area contributed by atoms with Gasteiger partial charge in [-0.2, -0.15) is 4.98 Å². The third-order valence-corrected chi connectivity index (χ3v) is 4.31. The van der Waals surface area contributed by atoms with Gasteiger partial charge in [-0.05, 0) is 25.7 Å². The summed E-state index contributed by atoms with van der Waals surface area (Å²) >= 11 is 0. The van der Waals surface area contributed by atoms with E-state index >= 15 is 0 Å². The number of nitrogens with two attached hydrogens (primary N) is 1. The van der Waals surface area contributed by atoms with Crippen LogP contribution in [-0.4, -0.2) is 15.7 Å². The minimum atomic E-state index is -0.0838. The van der Waals surface area contributed by atoms with Gasteiger partial charge in [0.15, 0.2) is 5.82 Å². The lowest BCUT2D eigenvalue weighted by molar-refractivity contribution is 0.325. The van der Waals surface area contributed by atoms with E-state index in [1.54, 1.807) is 0 Å². The standard InChI is InChI=1S/C13H21N3O/c14-13(7-3-4-8-13)9-11-15-12(16-17-11)10-5-1-2-6-10/h10H,1-9,14H2. The van der Waals surface area contributed by atoms with E-state index in [-0.39, 0.29) is 5.54 Å². The molecule has 2 saturated carbocycles. The van der Waals surface area contributed by atoms with Crippen molar-refractivity contribution < 1.29 is 4.52 Å². The fraction of sp³-hybridized carbons (Fsp3) is 0.846. The molecule has 3 rings (SSSR count). The van der Waals surface area contributed by atoms with Crippen molar-refractivity contribution in [2.24, 2.45) is 5.73 Å². The van der Waals surface area contributed by atoms with Crippen LogP contribution in [0.1, 0.15) is 69.0 Å². The maximum atomic E-state index is 6.33. The zero-order valence-electron chi connectivity index (χ0n) is 10.3. The lowest BCUT2D eigenvalue weighted by atomic mass is 9.95. The number of nitrogens with zero attached hydrogens (tertiary/aromatic N) is 2. The first kappa shape index (κ1) is 11.2. The van der Waals surface area contributed by atoms with Gasteiger partial charge in [0.05, 0.1) is 0 Å². The molecule has 2 fully saturated rings. The molecule has 4 nitrogen and oxygen atoms in total. The van der Waals surface area contributed by atoms with Gasteiger partial charge in [0.1, 0.15) is 0 Å². The van der Waals surface area contributed by atoms with E-state index in [9.17, 15) is 0 Å². The second kappa shape index (κ2) is 4.41. The highest BCUT2D eigenvalue weighted by atomic mass is 16.5. The first-order valence-corrected chi connectivity index (χ1v) is 6.87. The highest BCUT2D eigenvalue weighted by Gasteiger charge is 2.32. The number of rotatable bonds is 3. The number of hydrogen-bond donors (Lipinski definition) is 1. The predicted molar refractivity (Wildman–Crippen MR) is 64.6 cm³/mol. The van der Waals surface area contributed by atoms with Crippen molar-refractivity contribution in [2.45, 2.75) is 69.2 Å². The Bertz CT molecular complexity index is 376. The van der Waals surface area contributed by atoms with E-state index < -0.39 is 0 Å². The van der Waals surface area contributed by atoms with E-state index in [4.69, 9.17) is 10.3 Å². The van der Waals surface area contributed by atoms with Gasteiger partial charge in [-0.3, -0.25) is 0 Å². The predicted octanol–water partition coefficient (Wildman–Crippen LogP) is 2.54. The lowest BCUT2D eigenvalue weighted by Gasteiger charge is -2.20. The van der Waals surface area contributed by atoms with Crippen molar-refractivity contribution in [3.8, 4) is 0 Å². The quantitative estimate of drug-likeness (QED) is 0.874. The van der Waals surface area contributed by atoms with Crippen LogP contribution in [0.3, 0.4) is 0 Å². The maximum Gasteiger partial charge on any atom is 0.228 e. The van der Waals surface area contributed by atoms with E-state index in [0.717, 1.165) is 31.0 Å². The van der Waals surface area contributed by atoms with E-state index in [1.807, 2.05) is 0 Å². The van der Waals surface area contributed by atoms with Crippen LogP contribution in [0.2, 0.25) is 0 Å². The summed E-state index contributed by atoms with van der Waals surface area (Å²) in [5.74, 6) is 2.19. The molecule has 0 aromatic carbocycles. The molecule has 17 heavy (non-hydrogen) atoms. The topological polar surface area (TPSA) is 64.9 Å². The molecule has 1 heterocycles. The first-order valence-electron chi connectivity index (χ1n) is 6.87. The summed E-state index contributed by atoms with van der Waals surface area (Å²) in [7, 11) is 0. The second-order valence-electron chi connectivity index (χ2n) is 5.77. The van der Waals surface area contributed by atoms with Gasteiger partial charge in [0, 0.05) is 17.9 Å². The van der Waals surface area contributed by atoms with Crippen molar-refractivity contribution in [2.75, 3.05) is 0 Å². The van der Waals surface area contributed by atoms with Crippen molar-refractivity contribution in [1.29, 1.82) is 0 Å². The zero-order valence-corrected chi connectivity index (χ0v) is 10.3. The average Bonchev–Trinajstić information content (AvgIpc) is 2.98. The third kappa shape index (κ3) is 2.37. The molecule has 2 aliphatic carbocycles. The van der Waals surface area contributed by atoms with Crippen LogP contribution in [0.4, 0.5) is 0 Å². The summed E-state index contributed by atoms with van der Waals surface area (Å²) in [4.78, 5) is 4.54. The van der Waals surface area contributed by atoms with Crippen LogP contribution >= 0.6 is 0 Å². The van der Waals surface area contributed by atoms with Crippen LogP contribution in [0.5, 0.6) is 0 Å². The van der Waals surface area contributed by atoms with Gasteiger partial charge in [0.25, 0.3) is 0 Å². The summed E-state index contributed by atoms with van der Waals surface area (Å²) in [6.45, 7) is 0. The smallest absolute Gasteiger partial charge is 0.228 e. The van der Waals surface area contributed by atoms with Gasteiger partial charge >= 0.3 is 0 Å². The average molecular weight is 235 g/mol. The Labute approximate surface area is 102 Å². The van der Waals surface area contributed by atoms with Gasteiger partial charge in [-0.15, -0.1) is 0 Å². The van der Waals surface area contributed by atoms with Gasteiger partial charge in [-0.1, -0.05) is 30.8 Å². The van der Waals surface area contributed by atoms with Gasteiger partial charge in [0.2, 0.25) is 5.89 Å². The van der Waals surface area contributed by atoms with Crippen molar-refractivity contribution in [3.63, 3.8) is 0 Å². The highest BCUT2D eigenvalue weighted by Crippen LogP contribution is 2.33. The number of hydrogen-bond acceptors (Lipinski definition) is 4. The van der Waals surface area contributed by atoms with Crippen molar-refractivity contribution in [1.82, 2.24) is 10.1 Å². The molecular weight excluding hydrogens is 214 g/mol. The largest absolute Gasteiger partial charge is 0.339 e. The van der Waals surface area contributed by atoms with Crippen LogP contribution in [-0.2, 0) is 6.42 Å². The minimum Gasteiger partial charge on any atom is -0.339 e. The highest BCUT2D eigenvalue weighted by molar-refractivity contribution is 5.02. The molecular formula is C13H21N3O. The van der Waals surface area contributed by atoms with Crippen molar-refractivity contribution >= 4 is 0 Å². The van der Waals surface area contributed by atoms with Crippen molar-refractivity contribution in [3.05, 3.63) is 11.7 Å². The molecule has 0 aliphatic heterocycles. The summed E-state index contributed by atoms with van der Waals surface area (Å²) in [5.41, 5.74) is 6.24. The molecule has 0 bridgehead atoms. The molecule has 4 heteroatoms. The normalized spacial score (nSPS) is 24.5. The Morgan fingerprint density at radius 2 is 1.88 bits per heavy atom. The Morgan fingerprint density at radius 3 is 2.59 bits per heavy atom. The molecule has 0 radical (unpaired) electrons. The number of aromatic nitrogens is 2. The second-order valence-corrected chi connectivity index (χ2v) is 5.77.